The highest BCUT2D eigenvalue weighted by Crippen LogP contribution is 2.35. The molecular formula is C11H16OS. The Morgan fingerprint density at radius 3 is 2.77 bits per heavy atom. The van der Waals surface area contributed by atoms with Crippen LogP contribution in [0.2, 0.25) is 0 Å². The number of aliphatic hydroxyl groups is 1. The van der Waals surface area contributed by atoms with Crippen LogP contribution in [0.4, 0.5) is 0 Å². The summed E-state index contributed by atoms with van der Waals surface area (Å²) in [6.07, 6.45) is 3.50. The average Bonchev–Trinajstić information content (AvgIpc) is 2.59. The molecule has 0 fully saturated rings. The number of thiophene rings is 1. The summed E-state index contributed by atoms with van der Waals surface area (Å²) in [5.74, 6) is 0.332. The number of aliphatic hydroxyl groups excluding tert-OH is 1. The topological polar surface area (TPSA) is 20.2 Å². The van der Waals surface area contributed by atoms with Gasteiger partial charge in [0.25, 0.3) is 0 Å². The zero-order valence-electron chi connectivity index (χ0n) is 8.21. The SMILES string of the molecule is CC(C)C(O)c1cc2c(s1)CCC2. The molecule has 1 heterocycles. The van der Waals surface area contributed by atoms with Crippen molar-refractivity contribution in [1.29, 1.82) is 0 Å². The van der Waals surface area contributed by atoms with Crippen molar-refractivity contribution in [1.82, 2.24) is 0 Å². The van der Waals surface area contributed by atoms with E-state index in [1.54, 1.807) is 0 Å². The smallest absolute Gasteiger partial charge is 0.0904 e. The first-order valence-electron chi connectivity index (χ1n) is 4.98. The van der Waals surface area contributed by atoms with Crippen molar-refractivity contribution in [3.63, 3.8) is 0 Å². The summed E-state index contributed by atoms with van der Waals surface area (Å²) < 4.78 is 0. The molecule has 2 heteroatoms. The molecule has 72 valence electrons. The Labute approximate surface area is 83.4 Å². The molecule has 0 saturated heterocycles. The van der Waals surface area contributed by atoms with Crippen molar-refractivity contribution in [2.45, 2.75) is 39.2 Å². The molecule has 0 amide bonds. The van der Waals surface area contributed by atoms with Crippen LogP contribution in [0, 0.1) is 5.92 Å². The predicted molar refractivity (Wildman–Crippen MR) is 56.1 cm³/mol. The van der Waals surface area contributed by atoms with Gasteiger partial charge in [-0.25, -0.2) is 0 Å². The van der Waals surface area contributed by atoms with E-state index in [4.69, 9.17) is 0 Å². The first-order valence-corrected chi connectivity index (χ1v) is 5.79. The van der Waals surface area contributed by atoms with Crippen LogP contribution in [0.25, 0.3) is 0 Å². The third kappa shape index (κ3) is 1.65. The fourth-order valence-electron chi connectivity index (χ4n) is 1.83. The molecule has 0 saturated carbocycles. The van der Waals surface area contributed by atoms with E-state index in [9.17, 15) is 5.11 Å². The van der Waals surface area contributed by atoms with Crippen LogP contribution in [-0.4, -0.2) is 5.11 Å². The van der Waals surface area contributed by atoms with E-state index in [0.717, 1.165) is 0 Å². The molecule has 0 bridgehead atoms. The van der Waals surface area contributed by atoms with Crippen LogP contribution in [-0.2, 0) is 12.8 Å². The van der Waals surface area contributed by atoms with Crippen molar-refractivity contribution in [3.8, 4) is 0 Å². The number of aryl methyl sites for hydroxylation is 2. The fraction of sp³-hybridized carbons (Fsp3) is 0.636. The Balaban J connectivity index is 2.23. The van der Waals surface area contributed by atoms with Gasteiger partial charge in [0.1, 0.15) is 0 Å². The monoisotopic (exact) mass is 196 g/mol. The summed E-state index contributed by atoms with van der Waals surface area (Å²) in [4.78, 5) is 2.68. The molecule has 1 atom stereocenters. The molecule has 1 aromatic heterocycles. The van der Waals surface area contributed by atoms with Gasteiger partial charge in [0, 0.05) is 9.75 Å². The zero-order valence-corrected chi connectivity index (χ0v) is 9.03. The second-order valence-electron chi connectivity index (χ2n) is 4.14. The van der Waals surface area contributed by atoms with Crippen LogP contribution in [0.1, 0.15) is 41.7 Å². The summed E-state index contributed by atoms with van der Waals surface area (Å²) in [5.41, 5.74) is 1.49. The minimum absolute atomic E-state index is 0.254. The minimum atomic E-state index is -0.254. The maximum atomic E-state index is 9.87. The molecule has 0 aromatic carbocycles. The Hall–Kier alpha value is -0.340. The quantitative estimate of drug-likeness (QED) is 0.771. The van der Waals surface area contributed by atoms with Gasteiger partial charge in [0.05, 0.1) is 6.10 Å². The highest BCUT2D eigenvalue weighted by Gasteiger charge is 2.20. The maximum absolute atomic E-state index is 9.87. The Morgan fingerprint density at radius 2 is 2.15 bits per heavy atom. The van der Waals surface area contributed by atoms with Gasteiger partial charge in [-0.3, -0.25) is 0 Å². The Bertz CT molecular complexity index is 280. The van der Waals surface area contributed by atoms with Crippen molar-refractivity contribution in [2.24, 2.45) is 5.92 Å². The van der Waals surface area contributed by atoms with Crippen molar-refractivity contribution < 1.29 is 5.11 Å². The normalized spacial score (nSPS) is 17.8. The highest BCUT2D eigenvalue weighted by atomic mass is 32.1. The molecule has 13 heavy (non-hydrogen) atoms. The van der Waals surface area contributed by atoms with Gasteiger partial charge in [-0.2, -0.15) is 0 Å². The number of rotatable bonds is 2. The van der Waals surface area contributed by atoms with Gasteiger partial charge in [-0.15, -0.1) is 11.3 Å². The molecule has 2 rings (SSSR count). The predicted octanol–water partition coefficient (Wildman–Crippen LogP) is 2.93. The summed E-state index contributed by atoms with van der Waals surface area (Å²) in [5, 5.41) is 9.87. The number of hydrogen-bond acceptors (Lipinski definition) is 2. The summed E-state index contributed by atoms with van der Waals surface area (Å²) in [7, 11) is 0. The van der Waals surface area contributed by atoms with Crippen molar-refractivity contribution in [3.05, 3.63) is 21.4 Å². The maximum Gasteiger partial charge on any atom is 0.0904 e. The third-order valence-electron chi connectivity index (χ3n) is 2.69. The summed E-state index contributed by atoms with van der Waals surface area (Å²) in [6.45, 7) is 4.13. The third-order valence-corrected chi connectivity index (χ3v) is 4.00. The van der Waals surface area contributed by atoms with E-state index in [1.165, 1.54) is 34.6 Å². The van der Waals surface area contributed by atoms with Crippen LogP contribution in [0.3, 0.4) is 0 Å². The number of hydrogen-bond donors (Lipinski definition) is 1. The van der Waals surface area contributed by atoms with Gasteiger partial charge >= 0.3 is 0 Å². The molecule has 1 N–H and O–H groups in total. The lowest BCUT2D eigenvalue weighted by Crippen LogP contribution is -2.02. The van der Waals surface area contributed by atoms with E-state index in [0.29, 0.717) is 5.92 Å². The molecule has 0 radical (unpaired) electrons. The lowest BCUT2D eigenvalue weighted by Gasteiger charge is -2.11. The molecule has 0 spiro atoms. The second kappa shape index (κ2) is 3.43. The molecule has 0 aliphatic heterocycles. The largest absolute Gasteiger partial charge is 0.387 e. The minimum Gasteiger partial charge on any atom is -0.387 e. The number of fused-ring (bicyclic) bond motifs is 1. The average molecular weight is 196 g/mol. The van der Waals surface area contributed by atoms with E-state index in [1.807, 2.05) is 11.3 Å². The molecule has 1 aliphatic carbocycles. The van der Waals surface area contributed by atoms with Gasteiger partial charge < -0.3 is 5.11 Å². The molecular weight excluding hydrogens is 180 g/mol. The van der Waals surface area contributed by atoms with E-state index < -0.39 is 0 Å². The lowest BCUT2D eigenvalue weighted by atomic mass is 10.1. The van der Waals surface area contributed by atoms with E-state index in [2.05, 4.69) is 19.9 Å². The van der Waals surface area contributed by atoms with Gasteiger partial charge in [-0.05, 0) is 36.8 Å². The summed E-state index contributed by atoms with van der Waals surface area (Å²) in [6, 6.07) is 2.21. The molecule has 1 nitrogen and oxygen atoms in total. The van der Waals surface area contributed by atoms with Crippen LogP contribution >= 0.6 is 11.3 Å². The van der Waals surface area contributed by atoms with Gasteiger partial charge in [0.15, 0.2) is 0 Å². The van der Waals surface area contributed by atoms with E-state index >= 15 is 0 Å². The zero-order chi connectivity index (χ0) is 9.42. The Kier molecular flexibility index (Phi) is 2.43. The van der Waals surface area contributed by atoms with Gasteiger partial charge in [0.2, 0.25) is 0 Å². The highest BCUT2D eigenvalue weighted by molar-refractivity contribution is 7.12. The van der Waals surface area contributed by atoms with Crippen LogP contribution in [0.15, 0.2) is 6.07 Å². The first kappa shape index (κ1) is 9.22. The van der Waals surface area contributed by atoms with E-state index in [-0.39, 0.29) is 6.10 Å². The first-order chi connectivity index (χ1) is 6.18. The molecule has 1 aromatic rings. The molecule has 1 aliphatic rings. The molecule has 1 unspecified atom stereocenters. The van der Waals surface area contributed by atoms with Crippen LogP contribution in [0.5, 0.6) is 0 Å². The Morgan fingerprint density at radius 1 is 1.38 bits per heavy atom. The second-order valence-corrected chi connectivity index (χ2v) is 5.31. The summed E-state index contributed by atoms with van der Waals surface area (Å²) >= 11 is 1.81. The van der Waals surface area contributed by atoms with Crippen molar-refractivity contribution >= 4 is 11.3 Å². The van der Waals surface area contributed by atoms with Crippen LogP contribution < -0.4 is 0 Å². The fourth-order valence-corrected chi connectivity index (χ4v) is 3.24. The standard InChI is InChI=1S/C11H16OS/c1-7(2)11(12)10-6-8-4-3-5-9(8)13-10/h6-7,11-12H,3-5H2,1-2H3. The van der Waals surface area contributed by atoms with Crippen molar-refractivity contribution in [2.75, 3.05) is 0 Å². The van der Waals surface area contributed by atoms with Gasteiger partial charge in [-0.1, -0.05) is 13.8 Å². The lowest BCUT2D eigenvalue weighted by molar-refractivity contribution is 0.130.